The predicted octanol–water partition coefficient (Wildman–Crippen LogP) is 2.68. The molecule has 2 aromatic heterocycles. The molecular weight excluding hydrogens is 300 g/mol. The summed E-state index contributed by atoms with van der Waals surface area (Å²) in [4.78, 5) is 8.47. The van der Waals surface area contributed by atoms with Crippen LogP contribution in [0.1, 0.15) is 17.2 Å². The van der Waals surface area contributed by atoms with Gasteiger partial charge in [-0.05, 0) is 11.1 Å². The second-order valence-electron chi connectivity index (χ2n) is 5.41. The van der Waals surface area contributed by atoms with Gasteiger partial charge in [-0.15, -0.1) is 5.10 Å². The molecular formula is C18H16N6. The first-order valence-corrected chi connectivity index (χ1v) is 7.63. The van der Waals surface area contributed by atoms with Gasteiger partial charge in [0.2, 0.25) is 11.9 Å². The van der Waals surface area contributed by atoms with Crippen molar-refractivity contribution in [1.29, 1.82) is 0 Å². The highest BCUT2D eigenvalue weighted by atomic mass is 15.4. The average molecular weight is 316 g/mol. The van der Waals surface area contributed by atoms with Crippen molar-refractivity contribution < 1.29 is 0 Å². The zero-order valence-corrected chi connectivity index (χ0v) is 12.9. The molecule has 0 bridgehead atoms. The Bertz CT molecular complexity index is 873. The second-order valence-corrected chi connectivity index (χ2v) is 5.41. The van der Waals surface area contributed by atoms with Crippen molar-refractivity contribution in [1.82, 2.24) is 24.3 Å². The van der Waals surface area contributed by atoms with Crippen molar-refractivity contribution in [2.24, 2.45) is 0 Å². The van der Waals surface area contributed by atoms with Gasteiger partial charge >= 0.3 is 0 Å². The summed E-state index contributed by atoms with van der Waals surface area (Å²) in [6.45, 7) is 0. The van der Waals surface area contributed by atoms with E-state index in [4.69, 9.17) is 5.73 Å². The third-order valence-corrected chi connectivity index (χ3v) is 3.84. The molecule has 118 valence electrons. The van der Waals surface area contributed by atoms with Crippen LogP contribution in [-0.4, -0.2) is 24.3 Å². The second kappa shape index (κ2) is 6.00. The van der Waals surface area contributed by atoms with Crippen LogP contribution in [0.25, 0.3) is 5.95 Å². The van der Waals surface area contributed by atoms with Crippen molar-refractivity contribution in [2.45, 2.75) is 6.04 Å². The zero-order chi connectivity index (χ0) is 16.4. The first-order chi connectivity index (χ1) is 11.8. The zero-order valence-electron chi connectivity index (χ0n) is 12.9. The summed E-state index contributed by atoms with van der Waals surface area (Å²) < 4.78 is 3.64. The summed E-state index contributed by atoms with van der Waals surface area (Å²) in [5.74, 6) is 0.860. The molecule has 6 nitrogen and oxygen atoms in total. The molecule has 0 spiro atoms. The minimum Gasteiger partial charge on any atom is -0.366 e. The van der Waals surface area contributed by atoms with Crippen LogP contribution < -0.4 is 5.73 Å². The maximum absolute atomic E-state index is 5.90. The van der Waals surface area contributed by atoms with E-state index in [2.05, 4.69) is 39.3 Å². The Labute approximate surface area is 139 Å². The van der Waals surface area contributed by atoms with Crippen LogP contribution in [0.3, 0.4) is 0 Å². The summed E-state index contributed by atoms with van der Waals surface area (Å²) in [6.07, 6.45) is 5.22. The van der Waals surface area contributed by atoms with Gasteiger partial charge < -0.3 is 5.73 Å². The third kappa shape index (κ3) is 2.54. The molecule has 24 heavy (non-hydrogen) atoms. The van der Waals surface area contributed by atoms with E-state index in [1.165, 1.54) is 0 Å². The van der Waals surface area contributed by atoms with E-state index in [0.717, 1.165) is 11.1 Å². The summed E-state index contributed by atoms with van der Waals surface area (Å²) in [7, 11) is 0. The fourth-order valence-electron chi connectivity index (χ4n) is 2.80. The molecule has 0 amide bonds. The Kier molecular flexibility index (Phi) is 3.55. The highest BCUT2D eigenvalue weighted by Crippen LogP contribution is 2.28. The molecule has 0 saturated carbocycles. The van der Waals surface area contributed by atoms with Crippen molar-refractivity contribution in [2.75, 3.05) is 5.73 Å². The number of nitrogens with zero attached hydrogens (tertiary/aromatic N) is 5. The van der Waals surface area contributed by atoms with Crippen LogP contribution in [0.5, 0.6) is 0 Å². The van der Waals surface area contributed by atoms with E-state index in [9.17, 15) is 0 Å². The minimum absolute atomic E-state index is 0.130. The quantitative estimate of drug-likeness (QED) is 0.628. The highest BCUT2D eigenvalue weighted by molar-refractivity contribution is 5.36. The molecule has 2 aromatic carbocycles. The number of hydrogen-bond acceptors (Lipinski definition) is 4. The van der Waals surface area contributed by atoms with Crippen molar-refractivity contribution in [3.63, 3.8) is 0 Å². The van der Waals surface area contributed by atoms with Gasteiger partial charge in [-0.25, -0.2) is 9.67 Å². The van der Waals surface area contributed by atoms with Gasteiger partial charge in [-0.1, -0.05) is 60.7 Å². The van der Waals surface area contributed by atoms with Crippen molar-refractivity contribution >= 4 is 5.95 Å². The lowest BCUT2D eigenvalue weighted by molar-refractivity contribution is 0.578. The van der Waals surface area contributed by atoms with Crippen molar-refractivity contribution in [3.8, 4) is 5.95 Å². The number of nitrogen functional groups attached to an aromatic ring is 1. The Morgan fingerprint density at radius 3 is 2.04 bits per heavy atom. The van der Waals surface area contributed by atoms with E-state index >= 15 is 0 Å². The van der Waals surface area contributed by atoms with E-state index in [1.54, 1.807) is 12.5 Å². The van der Waals surface area contributed by atoms with Crippen LogP contribution in [0.4, 0.5) is 5.95 Å². The molecule has 0 aliphatic rings. The van der Waals surface area contributed by atoms with Gasteiger partial charge in [0.15, 0.2) is 0 Å². The fourth-order valence-corrected chi connectivity index (χ4v) is 2.80. The lowest BCUT2D eigenvalue weighted by Gasteiger charge is -2.20. The number of aromatic nitrogens is 5. The van der Waals surface area contributed by atoms with Gasteiger partial charge in [0.05, 0.1) is 0 Å². The maximum Gasteiger partial charge on any atom is 0.241 e. The molecule has 0 fully saturated rings. The first kappa shape index (κ1) is 14.2. The Balaban J connectivity index is 1.93. The average Bonchev–Trinajstić information content (AvgIpc) is 3.27. The van der Waals surface area contributed by atoms with E-state index in [1.807, 2.05) is 51.8 Å². The normalized spacial score (nSPS) is 11.0. The molecule has 4 rings (SSSR count). The van der Waals surface area contributed by atoms with Crippen molar-refractivity contribution in [3.05, 3.63) is 90.5 Å². The fraction of sp³-hybridized carbons (Fsp3) is 0.0556. The third-order valence-electron chi connectivity index (χ3n) is 3.84. The number of nitrogens with two attached hydrogens (primary N) is 1. The molecule has 0 aliphatic heterocycles. The van der Waals surface area contributed by atoms with Gasteiger partial charge in [0, 0.05) is 12.4 Å². The standard InChI is InChI=1S/C18H16N6/c19-17-21-18(23-12-11-20-13-23)24(22-17)16(14-7-3-1-4-8-14)15-9-5-2-6-10-15/h1-13,16H,(H2,19,22). The molecule has 6 heteroatoms. The topological polar surface area (TPSA) is 74.5 Å². The van der Waals surface area contributed by atoms with E-state index in [0.29, 0.717) is 5.95 Å². The van der Waals surface area contributed by atoms with Crippen LogP contribution in [0.2, 0.25) is 0 Å². The van der Waals surface area contributed by atoms with Gasteiger partial charge in [-0.3, -0.25) is 4.57 Å². The van der Waals surface area contributed by atoms with E-state index < -0.39 is 0 Å². The highest BCUT2D eigenvalue weighted by Gasteiger charge is 2.22. The van der Waals surface area contributed by atoms with Crippen LogP contribution in [0, 0.1) is 0 Å². The summed E-state index contributed by atoms with van der Waals surface area (Å²) >= 11 is 0. The molecule has 2 N–H and O–H groups in total. The Hall–Kier alpha value is -3.41. The molecule has 4 aromatic rings. The van der Waals surface area contributed by atoms with Crippen LogP contribution >= 0.6 is 0 Å². The maximum atomic E-state index is 5.90. The predicted molar refractivity (Wildman–Crippen MR) is 91.7 cm³/mol. The molecule has 2 heterocycles. The number of imidazole rings is 1. The molecule has 0 unspecified atom stereocenters. The number of rotatable bonds is 4. The van der Waals surface area contributed by atoms with E-state index in [-0.39, 0.29) is 12.0 Å². The van der Waals surface area contributed by atoms with Crippen LogP contribution in [0.15, 0.2) is 79.4 Å². The summed E-state index contributed by atoms with van der Waals surface area (Å²) in [6, 6.07) is 20.2. The molecule has 0 radical (unpaired) electrons. The summed E-state index contributed by atoms with van der Waals surface area (Å²) in [5.41, 5.74) is 8.12. The smallest absolute Gasteiger partial charge is 0.241 e. The van der Waals surface area contributed by atoms with Gasteiger partial charge in [-0.2, -0.15) is 4.98 Å². The lowest BCUT2D eigenvalue weighted by Crippen LogP contribution is -2.17. The molecule has 0 saturated heterocycles. The Morgan fingerprint density at radius 1 is 0.875 bits per heavy atom. The minimum atomic E-state index is -0.130. The lowest BCUT2D eigenvalue weighted by atomic mass is 9.99. The number of benzene rings is 2. The SMILES string of the molecule is Nc1nc(-n2ccnc2)n(C(c2ccccc2)c2ccccc2)n1. The van der Waals surface area contributed by atoms with Crippen LogP contribution in [-0.2, 0) is 0 Å². The molecule has 0 atom stereocenters. The largest absolute Gasteiger partial charge is 0.366 e. The first-order valence-electron chi connectivity index (χ1n) is 7.63. The molecule has 0 aliphatic carbocycles. The monoisotopic (exact) mass is 316 g/mol. The summed E-state index contributed by atoms with van der Waals surface area (Å²) in [5, 5.41) is 4.45. The van der Waals surface area contributed by atoms with Gasteiger partial charge in [0.1, 0.15) is 12.4 Å². The number of hydrogen-bond donors (Lipinski definition) is 1. The number of anilines is 1. The van der Waals surface area contributed by atoms with Gasteiger partial charge in [0.25, 0.3) is 0 Å². The Morgan fingerprint density at radius 2 is 1.50 bits per heavy atom.